The van der Waals surface area contributed by atoms with Crippen molar-refractivity contribution < 1.29 is 14.2 Å². The highest BCUT2D eigenvalue weighted by atomic mass is 16.5. The molecule has 2 heterocycles. The second-order valence-electron chi connectivity index (χ2n) is 9.83. The number of ether oxygens (including phenoxy) is 3. The molecule has 0 spiro atoms. The maximum atomic E-state index is 6.07. The molecule has 0 aromatic heterocycles. The molecule has 2 fully saturated rings. The van der Waals surface area contributed by atoms with Crippen LogP contribution >= 0.6 is 0 Å². The van der Waals surface area contributed by atoms with Gasteiger partial charge in [0.25, 0.3) is 0 Å². The van der Waals surface area contributed by atoms with Gasteiger partial charge in [0.15, 0.2) is 0 Å². The molecule has 0 radical (unpaired) electrons. The molecule has 5 rings (SSSR count). The van der Waals surface area contributed by atoms with Crippen LogP contribution in [-0.2, 0) is 6.54 Å². The van der Waals surface area contributed by atoms with E-state index in [0.29, 0.717) is 24.6 Å². The fourth-order valence-electron chi connectivity index (χ4n) is 6.18. The van der Waals surface area contributed by atoms with Gasteiger partial charge in [0.2, 0.25) is 0 Å². The number of methoxy groups -OCH3 is 2. The van der Waals surface area contributed by atoms with Crippen molar-refractivity contribution in [3.8, 4) is 17.2 Å². The van der Waals surface area contributed by atoms with Crippen molar-refractivity contribution in [3.05, 3.63) is 89.5 Å². The van der Waals surface area contributed by atoms with Crippen LogP contribution < -0.4 is 14.2 Å². The zero-order valence-electron chi connectivity index (χ0n) is 21.7. The first-order valence-corrected chi connectivity index (χ1v) is 13.2. The van der Waals surface area contributed by atoms with Gasteiger partial charge in [-0.05, 0) is 37.4 Å². The van der Waals surface area contributed by atoms with Crippen LogP contribution in [0.4, 0.5) is 0 Å². The van der Waals surface area contributed by atoms with E-state index >= 15 is 0 Å². The van der Waals surface area contributed by atoms with Crippen LogP contribution in [0, 0.1) is 0 Å². The Balaban J connectivity index is 1.50. The lowest BCUT2D eigenvalue weighted by Crippen LogP contribution is -2.57. The lowest BCUT2D eigenvalue weighted by molar-refractivity contribution is 0.0376. The molecule has 0 aliphatic carbocycles. The van der Waals surface area contributed by atoms with Gasteiger partial charge in [-0.2, -0.15) is 0 Å². The molecule has 0 bridgehead atoms. The highest BCUT2D eigenvalue weighted by molar-refractivity contribution is 5.51. The van der Waals surface area contributed by atoms with E-state index in [9.17, 15) is 0 Å². The molecule has 36 heavy (non-hydrogen) atoms. The maximum Gasteiger partial charge on any atom is 0.131 e. The molecule has 3 aromatic carbocycles. The van der Waals surface area contributed by atoms with E-state index in [-0.39, 0.29) is 0 Å². The van der Waals surface area contributed by atoms with Crippen LogP contribution in [0.25, 0.3) is 0 Å². The SMILES string of the molecule is CCOc1cc(OC)cc(OC)c1CN1CC(C(c2ccccc2)c2ccccc2)N2CCC[C@H]2C1. The first-order valence-electron chi connectivity index (χ1n) is 13.2. The van der Waals surface area contributed by atoms with Gasteiger partial charge in [0.1, 0.15) is 17.2 Å². The number of fused-ring (bicyclic) bond motifs is 1. The fourth-order valence-corrected chi connectivity index (χ4v) is 6.18. The van der Waals surface area contributed by atoms with Gasteiger partial charge in [0, 0.05) is 49.8 Å². The zero-order valence-corrected chi connectivity index (χ0v) is 21.7. The molecule has 5 heteroatoms. The molecule has 5 nitrogen and oxygen atoms in total. The van der Waals surface area contributed by atoms with Crippen molar-refractivity contribution in [2.45, 2.75) is 44.3 Å². The van der Waals surface area contributed by atoms with E-state index in [2.05, 4.69) is 70.5 Å². The predicted molar refractivity (Wildman–Crippen MR) is 144 cm³/mol. The number of benzene rings is 3. The molecule has 2 saturated heterocycles. The average molecular weight is 487 g/mol. The molecule has 1 unspecified atom stereocenters. The molecule has 0 amide bonds. The largest absolute Gasteiger partial charge is 0.496 e. The minimum Gasteiger partial charge on any atom is -0.496 e. The normalized spacial score (nSPS) is 20.3. The van der Waals surface area contributed by atoms with E-state index < -0.39 is 0 Å². The molecule has 0 N–H and O–H groups in total. The van der Waals surface area contributed by atoms with Crippen molar-refractivity contribution in [1.82, 2.24) is 9.80 Å². The Labute approximate surface area is 215 Å². The standard InChI is InChI=1S/C31H38N2O3/c1-4-36-30-19-26(34-2)18-29(35-3)27(30)21-32-20-25-16-11-17-33(25)28(22-32)31(23-12-7-5-8-13-23)24-14-9-6-10-15-24/h5-10,12-15,18-19,25,28,31H,4,11,16-17,20-22H2,1-3H3/t25-,28?/m0/s1. The van der Waals surface area contributed by atoms with E-state index in [4.69, 9.17) is 14.2 Å². The number of rotatable bonds is 9. The van der Waals surface area contributed by atoms with Crippen LogP contribution in [-0.4, -0.2) is 62.3 Å². The lowest BCUT2D eigenvalue weighted by atomic mass is 9.82. The Morgan fingerprint density at radius 3 is 2.14 bits per heavy atom. The minimum atomic E-state index is 0.319. The van der Waals surface area contributed by atoms with Crippen LogP contribution in [0.2, 0.25) is 0 Å². The molecular formula is C31H38N2O3. The summed E-state index contributed by atoms with van der Waals surface area (Å²) in [7, 11) is 3.41. The highest BCUT2D eigenvalue weighted by Gasteiger charge is 2.42. The van der Waals surface area contributed by atoms with Crippen LogP contribution in [0.3, 0.4) is 0 Å². The summed E-state index contributed by atoms with van der Waals surface area (Å²) in [5, 5.41) is 0. The van der Waals surface area contributed by atoms with Gasteiger partial charge in [-0.25, -0.2) is 0 Å². The summed E-state index contributed by atoms with van der Waals surface area (Å²) in [4.78, 5) is 5.40. The predicted octanol–water partition coefficient (Wildman–Crippen LogP) is 5.58. The van der Waals surface area contributed by atoms with E-state index in [1.165, 1.54) is 30.5 Å². The van der Waals surface area contributed by atoms with Gasteiger partial charge in [-0.15, -0.1) is 0 Å². The van der Waals surface area contributed by atoms with Crippen molar-refractivity contribution >= 4 is 0 Å². The smallest absolute Gasteiger partial charge is 0.131 e. The van der Waals surface area contributed by atoms with Crippen LogP contribution in [0.5, 0.6) is 17.2 Å². The Kier molecular flexibility index (Phi) is 7.78. The summed E-state index contributed by atoms with van der Waals surface area (Å²) in [5.41, 5.74) is 3.87. The molecule has 190 valence electrons. The van der Waals surface area contributed by atoms with Crippen LogP contribution in [0.15, 0.2) is 72.8 Å². The maximum absolute atomic E-state index is 6.07. The summed E-state index contributed by atoms with van der Waals surface area (Å²) in [6.45, 7) is 6.65. The second-order valence-corrected chi connectivity index (χ2v) is 9.83. The van der Waals surface area contributed by atoms with Crippen molar-refractivity contribution in [2.24, 2.45) is 0 Å². The van der Waals surface area contributed by atoms with Gasteiger partial charge < -0.3 is 14.2 Å². The third-order valence-electron chi connectivity index (χ3n) is 7.74. The number of piperazine rings is 1. The molecule has 2 aliphatic rings. The summed E-state index contributed by atoms with van der Waals surface area (Å²) < 4.78 is 17.4. The quantitative estimate of drug-likeness (QED) is 0.394. The van der Waals surface area contributed by atoms with Crippen molar-refractivity contribution in [1.29, 1.82) is 0 Å². The van der Waals surface area contributed by atoms with Crippen LogP contribution in [0.1, 0.15) is 42.4 Å². The summed E-state index contributed by atoms with van der Waals surface area (Å²) in [6.07, 6.45) is 2.52. The Bertz CT molecular complexity index is 1080. The average Bonchev–Trinajstić information content (AvgIpc) is 3.40. The van der Waals surface area contributed by atoms with Crippen molar-refractivity contribution in [2.75, 3.05) is 40.5 Å². The molecule has 2 atom stereocenters. The summed E-state index contributed by atoms with van der Waals surface area (Å²) in [6, 6.07) is 27.0. The minimum absolute atomic E-state index is 0.319. The highest BCUT2D eigenvalue weighted by Crippen LogP contribution is 2.40. The third-order valence-corrected chi connectivity index (χ3v) is 7.74. The molecule has 3 aromatic rings. The monoisotopic (exact) mass is 486 g/mol. The third kappa shape index (κ3) is 5.09. The summed E-state index contributed by atoms with van der Waals surface area (Å²) in [5.74, 6) is 2.75. The number of hydrogen-bond donors (Lipinski definition) is 0. The van der Waals surface area contributed by atoms with E-state index in [1.807, 2.05) is 19.1 Å². The molecule has 2 aliphatic heterocycles. The van der Waals surface area contributed by atoms with Gasteiger partial charge in [-0.1, -0.05) is 60.7 Å². The fraction of sp³-hybridized carbons (Fsp3) is 0.419. The Hall–Kier alpha value is -3.02. The molecule has 0 saturated carbocycles. The van der Waals surface area contributed by atoms with E-state index in [1.54, 1.807) is 14.2 Å². The first kappa shape index (κ1) is 24.7. The van der Waals surface area contributed by atoms with Gasteiger partial charge in [-0.3, -0.25) is 9.80 Å². The molecular weight excluding hydrogens is 448 g/mol. The van der Waals surface area contributed by atoms with Gasteiger partial charge in [0.05, 0.1) is 26.4 Å². The zero-order chi connectivity index (χ0) is 24.9. The number of hydrogen-bond acceptors (Lipinski definition) is 5. The van der Waals surface area contributed by atoms with E-state index in [0.717, 1.165) is 42.4 Å². The summed E-state index contributed by atoms with van der Waals surface area (Å²) >= 11 is 0. The Morgan fingerprint density at radius 1 is 0.861 bits per heavy atom. The Morgan fingerprint density at radius 2 is 1.53 bits per heavy atom. The van der Waals surface area contributed by atoms with Crippen molar-refractivity contribution in [3.63, 3.8) is 0 Å². The second kappa shape index (κ2) is 11.4. The number of nitrogens with zero attached hydrogens (tertiary/aromatic N) is 2. The first-order chi connectivity index (χ1) is 17.7. The van der Waals surface area contributed by atoms with Gasteiger partial charge >= 0.3 is 0 Å². The topological polar surface area (TPSA) is 34.2 Å². The lowest BCUT2D eigenvalue weighted by Gasteiger charge is -2.47.